The van der Waals surface area contributed by atoms with Gasteiger partial charge in [-0.3, -0.25) is 9.89 Å². The predicted molar refractivity (Wildman–Crippen MR) is 129 cm³/mol. The predicted octanol–water partition coefficient (Wildman–Crippen LogP) is 3.95. The Kier molecular flexibility index (Phi) is 10.1. The lowest BCUT2D eigenvalue weighted by atomic mass is 9.96. The van der Waals surface area contributed by atoms with Crippen LogP contribution in [0.1, 0.15) is 23.3 Å². The lowest BCUT2D eigenvalue weighted by Gasteiger charge is -2.32. The molecule has 1 aliphatic heterocycles. The van der Waals surface area contributed by atoms with Crippen LogP contribution in [0.5, 0.6) is 5.75 Å². The number of rotatable bonds is 7. The average Bonchev–Trinajstić information content (AvgIpc) is 3.23. The maximum Gasteiger partial charge on any atom is 0.191 e. The fourth-order valence-corrected chi connectivity index (χ4v) is 4.03. The standard InChI is InChI=1S/C21H30N4OS.HI/c1-22-21(24-15-20-4-3-13-27-20)23-14-17-9-11-25(12-10-17)16-18-5-7-19(26-2)8-6-18;/h3-8,13,17H,9-12,14-16H2,1-2H3,(H2,22,23,24);1H. The molecule has 0 atom stereocenters. The number of piperidine rings is 1. The number of halogens is 1. The summed E-state index contributed by atoms with van der Waals surface area (Å²) < 4.78 is 5.23. The summed E-state index contributed by atoms with van der Waals surface area (Å²) in [5, 5.41) is 8.98. The van der Waals surface area contributed by atoms with Gasteiger partial charge in [-0.15, -0.1) is 35.3 Å². The van der Waals surface area contributed by atoms with Gasteiger partial charge < -0.3 is 15.4 Å². The Hall–Kier alpha value is -1.32. The number of hydrogen-bond donors (Lipinski definition) is 2. The number of guanidine groups is 1. The Bertz CT molecular complexity index is 698. The minimum absolute atomic E-state index is 0. The first-order valence-electron chi connectivity index (χ1n) is 9.59. The van der Waals surface area contributed by atoms with Crippen LogP contribution in [-0.2, 0) is 13.1 Å². The largest absolute Gasteiger partial charge is 0.497 e. The second-order valence-electron chi connectivity index (χ2n) is 6.95. The zero-order chi connectivity index (χ0) is 18.9. The maximum atomic E-state index is 5.23. The Morgan fingerprint density at radius 2 is 1.93 bits per heavy atom. The molecule has 28 heavy (non-hydrogen) atoms. The summed E-state index contributed by atoms with van der Waals surface area (Å²) in [7, 11) is 3.54. The first kappa shape index (κ1) is 23.0. The molecule has 3 rings (SSSR count). The van der Waals surface area contributed by atoms with E-state index >= 15 is 0 Å². The van der Waals surface area contributed by atoms with Gasteiger partial charge in [-0.05, 0) is 61.0 Å². The number of hydrogen-bond acceptors (Lipinski definition) is 4. The van der Waals surface area contributed by atoms with Gasteiger partial charge >= 0.3 is 0 Å². The molecule has 1 aromatic carbocycles. The third-order valence-electron chi connectivity index (χ3n) is 5.06. The van der Waals surface area contributed by atoms with Gasteiger partial charge in [0, 0.05) is 25.0 Å². The van der Waals surface area contributed by atoms with Crippen molar-refractivity contribution in [1.29, 1.82) is 0 Å². The summed E-state index contributed by atoms with van der Waals surface area (Å²) in [5.74, 6) is 2.52. The Morgan fingerprint density at radius 3 is 2.54 bits per heavy atom. The van der Waals surface area contributed by atoms with E-state index in [4.69, 9.17) is 4.74 Å². The molecule has 1 saturated heterocycles. The van der Waals surface area contributed by atoms with E-state index < -0.39 is 0 Å². The Morgan fingerprint density at radius 1 is 1.18 bits per heavy atom. The molecule has 0 bridgehead atoms. The molecule has 1 fully saturated rings. The van der Waals surface area contributed by atoms with Crippen molar-refractivity contribution < 1.29 is 4.74 Å². The van der Waals surface area contributed by atoms with E-state index in [1.807, 2.05) is 19.2 Å². The second-order valence-corrected chi connectivity index (χ2v) is 7.99. The fraction of sp³-hybridized carbons (Fsp3) is 0.476. The minimum Gasteiger partial charge on any atom is -0.497 e. The normalized spacial score (nSPS) is 15.7. The molecule has 2 N–H and O–H groups in total. The topological polar surface area (TPSA) is 48.9 Å². The number of methoxy groups -OCH3 is 1. The van der Waals surface area contributed by atoms with Crippen LogP contribution in [0.15, 0.2) is 46.8 Å². The van der Waals surface area contributed by atoms with Crippen LogP contribution in [0.4, 0.5) is 0 Å². The van der Waals surface area contributed by atoms with E-state index in [9.17, 15) is 0 Å². The maximum absolute atomic E-state index is 5.23. The van der Waals surface area contributed by atoms with E-state index in [2.05, 4.69) is 50.2 Å². The number of benzene rings is 1. The van der Waals surface area contributed by atoms with Gasteiger partial charge in [0.1, 0.15) is 5.75 Å². The molecule has 1 aliphatic rings. The second kappa shape index (κ2) is 12.3. The molecular weight excluding hydrogens is 483 g/mol. The SMILES string of the molecule is CN=C(NCc1cccs1)NCC1CCN(Cc2ccc(OC)cc2)CC1.I. The highest BCUT2D eigenvalue weighted by Crippen LogP contribution is 2.19. The first-order valence-corrected chi connectivity index (χ1v) is 10.5. The van der Waals surface area contributed by atoms with Crippen molar-refractivity contribution in [1.82, 2.24) is 15.5 Å². The van der Waals surface area contributed by atoms with Crippen LogP contribution >= 0.6 is 35.3 Å². The van der Waals surface area contributed by atoms with Gasteiger partial charge in [-0.1, -0.05) is 18.2 Å². The zero-order valence-corrected chi connectivity index (χ0v) is 19.8. The van der Waals surface area contributed by atoms with Crippen molar-refractivity contribution in [2.45, 2.75) is 25.9 Å². The number of nitrogens with one attached hydrogen (secondary N) is 2. The summed E-state index contributed by atoms with van der Waals surface area (Å²) in [6.07, 6.45) is 2.45. The van der Waals surface area contributed by atoms with Crippen molar-refractivity contribution >= 4 is 41.3 Å². The fourth-order valence-electron chi connectivity index (χ4n) is 3.38. The highest BCUT2D eigenvalue weighted by atomic mass is 127. The molecule has 0 saturated carbocycles. The molecule has 1 aromatic heterocycles. The Balaban J connectivity index is 0.00000280. The van der Waals surface area contributed by atoms with Crippen LogP contribution in [-0.4, -0.2) is 44.7 Å². The van der Waals surface area contributed by atoms with E-state index in [0.717, 1.165) is 44.4 Å². The van der Waals surface area contributed by atoms with Crippen LogP contribution in [0.3, 0.4) is 0 Å². The van der Waals surface area contributed by atoms with Crippen molar-refractivity contribution in [3.05, 3.63) is 52.2 Å². The molecule has 7 heteroatoms. The number of nitrogens with zero attached hydrogens (tertiary/aromatic N) is 2. The lowest BCUT2D eigenvalue weighted by Crippen LogP contribution is -2.42. The van der Waals surface area contributed by atoms with Crippen LogP contribution in [0.25, 0.3) is 0 Å². The summed E-state index contributed by atoms with van der Waals surface area (Å²) in [5.41, 5.74) is 1.35. The number of aliphatic imine (C=N–C) groups is 1. The van der Waals surface area contributed by atoms with Gasteiger partial charge in [0.25, 0.3) is 0 Å². The monoisotopic (exact) mass is 514 g/mol. The van der Waals surface area contributed by atoms with E-state index in [1.54, 1.807) is 18.4 Å². The van der Waals surface area contributed by atoms with Gasteiger partial charge in [0.05, 0.1) is 13.7 Å². The van der Waals surface area contributed by atoms with E-state index in [1.165, 1.54) is 23.3 Å². The Labute approximate surface area is 189 Å². The molecule has 0 unspecified atom stereocenters. The van der Waals surface area contributed by atoms with Crippen LogP contribution in [0.2, 0.25) is 0 Å². The van der Waals surface area contributed by atoms with Crippen LogP contribution in [0, 0.1) is 5.92 Å². The third kappa shape index (κ3) is 7.25. The zero-order valence-electron chi connectivity index (χ0n) is 16.7. The molecule has 154 valence electrons. The number of likely N-dealkylation sites (tertiary alicyclic amines) is 1. The van der Waals surface area contributed by atoms with Gasteiger partial charge in [0.15, 0.2) is 5.96 Å². The van der Waals surface area contributed by atoms with Gasteiger partial charge in [-0.25, -0.2) is 0 Å². The van der Waals surface area contributed by atoms with Gasteiger partial charge in [-0.2, -0.15) is 0 Å². The van der Waals surface area contributed by atoms with Crippen molar-refractivity contribution in [2.24, 2.45) is 10.9 Å². The van der Waals surface area contributed by atoms with E-state index in [0.29, 0.717) is 5.92 Å². The average molecular weight is 514 g/mol. The molecule has 0 aliphatic carbocycles. The molecule has 0 amide bonds. The molecule has 0 radical (unpaired) electrons. The number of thiophene rings is 1. The molecule has 2 aromatic rings. The molecular formula is C21H31IN4OS. The minimum atomic E-state index is 0. The van der Waals surface area contributed by atoms with Crippen molar-refractivity contribution in [2.75, 3.05) is 33.8 Å². The highest BCUT2D eigenvalue weighted by molar-refractivity contribution is 14.0. The first-order chi connectivity index (χ1) is 13.3. The lowest BCUT2D eigenvalue weighted by molar-refractivity contribution is 0.178. The van der Waals surface area contributed by atoms with Gasteiger partial charge in [0.2, 0.25) is 0 Å². The summed E-state index contributed by atoms with van der Waals surface area (Å²) in [6, 6.07) is 12.6. The highest BCUT2D eigenvalue weighted by Gasteiger charge is 2.19. The van der Waals surface area contributed by atoms with Crippen molar-refractivity contribution in [3.8, 4) is 5.75 Å². The number of ether oxygens (including phenoxy) is 1. The van der Waals surface area contributed by atoms with Crippen LogP contribution < -0.4 is 15.4 Å². The van der Waals surface area contributed by atoms with E-state index in [-0.39, 0.29) is 24.0 Å². The molecule has 5 nitrogen and oxygen atoms in total. The smallest absolute Gasteiger partial charge is 0.191 e. The molecule has 2 heterocycles. The molecule has 0 spiro atoms. The summed E-state index contributed by atoms with van der Waals surface area (Å²) in [4.78, 5) is 8.20. The third-order valence-corrected chi connectivity index (χ3v) is 5.94. The quantitative estimate of drug-likeness (QED) is 0.334. The summed E-state index contributed by atoms with van der Waals surface area (Å²) >= 11 is 1.77. The summed E-state index contributed by atoms with van der Waals surface area (Å²) in [6.45, 7) is 5.14. The van der Waals surface area contributed by atoms with Crippen molar-refractivity contribution in [3.63, 3.8) is 0 Å².